The Hall–Kier alpha value is -4.73. The van der Waals surface area contributed by atoms with Gasteiger partial charge in [-0.2, -0.15) is 0 Å². The Morgan fingerprint density at radius 2 is 1.14 bits per heavy atom. The molecule has 0 aliphatic heterocycles. The number of amides is 7. The maximum absolute atomic E-state index is 13.7. The van der Waals surface area contributed by atoms with Gasteiger partial charge in [-0.25, -0.2) is 0 Å². The summed E-state index contributed by atoms with van der Waals surface area (Å²) in [7, 11) is 1.42. The average Bonchev–Trinajstić information content (AvgIpc) is 3.19. The molecule has 11 N–H and O–H groups in total. The topological polar surface area (TPSA) is 264 Å². The quantitative estimate of drug-likeness (QED) is 0.0472. The first-order chi connectivity index (χ1) is 27.8. The van der Waals surface area contributed by atoms with E-state index in [0.29, 0.717) is 31.4 Å². The maximum atomic E-state index is 13.7. The lowest BCUT2D eigenvalue weighted by atomic mass is 10.0. The highest BCUT2D eigenvalue weighted by molar-refractivity contribution is 5.95. The minimum absolute atomic E-state index is 0.0117. The number of benzene rings is 1. The number of phenolic OH excluding ortho intramolecular Hbond substituents is 1. The van der Waals surface area contributed by atoms with Crippen LogP contribution in [0.15, 0.2) is 24.3 Å². The number of hydrogen-bond acceptors (Lipinski definition) is 9. The summed E-state index contributed by atoms with van der Waals surface area (Å²) < 4.78 is 0. The summed E-state index contributed by atoms with van der Waals surface area (Å²) >= 11 is 0. The lowest BCUT2D eigenvalue weighted by Gasteiger charge is -2.25. The molecule has 0 heterocycles. The molecule has 16 nitrogen and oxygen atoms in total. The number of likely N-dealkylation sites (N-methyl/N-ethyl adjacent to an activating group) is 1. The lowest BCUT2D eigenvalue weighted by molar-refractivity contribution is -0.134. The van der Waals surface area contributed by atoms with Gasteiger partial charge in [-0.15, -0.1) is 0 Å². The molecule has 58 heavy (non-hydrogen) atoms. The minimum Gasteiger partial charge on any atom is -0.508 e. The van der Waals surface area contributed by atoms with Crippen molar-refractivity contribution in [1.82, 2.24) is 31.9 Å². The Morgan fingerprint density at radius 3 is 1.67 bits per heavy atom. The molecule has 0 spiro atoms. The van der Waals surface area contributed by atoms with Crippen molar-refractivity contribution in [2.45, 2.75) is 166 Å². The molecule has 4 atom stereocenters. The third kappa shape index (κ3) is 24.1. The first-order valence-corrected chi connectivity index (χ1v) is 21.3. The minimum atomic E-state index is -1.30. The van der Waals surface area contributed by atoms with Crippen LogP contribution in [-0.2, 0) is 40.0 Å². The zero-order valence-electron chi connectivity index (χ0n) is 35.1. The molecule has 0 unspecified atom stereocenters. The van der Waals surface area contributed by atoms with E-state index in [1.54, 1.807) is 12.1 Å². The van der Waals surface area contributed by atoms with Crippen molar-refractivity contribution in [3.63, 3.8) is 0 Å². The second kappa shape index (κ2) is 31.3. The summed E-state index contributed by atoms with van der Waals surface area (Å²) in [6.45, 7) is 3.63. The number of phenols is 1. The van der Waals surface area contributed by atoms with Crippen molar-refractivity contribution >= 4 is 41.4 Å². The van der Waals surface area contributed by atoms with Crippen LogP contribution in [0.2, 0.25) is 0 Å². The largest absolute Gasteiger partial charge is 0.508 e. The van der Waals surface area contributed by atoms with E-state index in [1.165, 1.54) is 83.9 Å². The van der Waals surface area contributed by atoms with E-state index in [2.05, 4.69) is 38.8 Å². The van der Waals surface area contributed by atoms with Crippen molar-refractivity contribution in [2.75, 3.05) is 20.1 Å². The van der Waals surface area contributed by atoms with Crippen LogP contribution in [0, 0.1) is 0 Å². The molecule has 16 heteroatoms. The average molecular weight is 817 g/mol. The van der Waals surface area contributed by atoms with Crippen molar-refractivity contribution in [2.24, 2.45) is 11.5 Å². The van der Waals surface area contributed by atoms with Gasteiger partial charge in [0, 0.05) is 26.3 Å². The van der Waals surface area contributed by atoms with E-state index in [1.807, 2.05) is 0 Å². The molecular formula is C42H72N8O8. The van der Waals surface area contributed by atoms with Gasteiger partial charge in [0.05, 0.1) is 6.54 Å². The van der Waals surface area contributed by atoms with Crippen LogP contribution >= 0.6 is 0 Å². The van der Waals surface area contributed by atoms with Crippen LogP contribution in [0.4, 0.5) is 0 Å². The van der Waals surface area contributed by atoms with E-state index in [4.69, 9.17) is 11.5 Å². The van der Waals surface area contributed by atoms with Crippen LogP contribution in [-0.4, -0.2) is 90.8 Å². The molecule has 1 aromatic carbocycles. The third-order valence-electron chi connectivity index (χ3n) is 9.87. The van der Waals surface area contributed by atoms with Gasteiger partial charge in [0.15, 0.2) is 0 Å². The fourth-order valence-corrected chi connectivity index (χ4v) is 6.36. The predicted molar refractivity (Wildman–Crippen MR) is 224 cm³/mol. The highest BCUT2D eigenvalue weighted by atomic mass is 16.3. The van der Waals surface area contributed by atoms with Crippen LogP contribution in [0.1, 0.15) is 141 Å². The number of carbonyl (C=O) groups excluding carboxylic acids is 7. The Morgan fingerprint density at radius 1 is 0.603 bits per heavy atom. The van der Waals surface area contributed by atoms with Crippen molar-refractivity contribution in [3.05, 3.63) is 29.8 Å². The van der Waals surface area contributed by atoms with Crippen molar-refractivity contribution in [1.29, 1.82) is 0 Å². The zero-order chi connectivity index (χ0) is 43.1. The number of carbonyl (C=O) groups is 7. The fourth-order valence-electron chi connectivity index (χ4n) is 6.36. The van der Waals surface area contributed by atoms with E-state index in [9.17, 15) is 38.7 Å². The van der Waals surface area contributed by atoms with Crippen LogP contribution in [0.5, 0.6) is 5.75 Å². The Kier molecular flexibility index (Phi) is 27.7. The fraction of sp³-hybridized carbons (Fsp3) is 0.690. The van der Waals surface area contributed by atoms with Crippen LogP contribution < -0.4 is 43.4 Å². The van der Waals surface area contributed by atoms with Gasteiger partial charge >= 0.3 is 0 Å². The molecule has 0 bridgehead atoms. The highest BCUT2D eigenvalue weighted by Gasteiger charge is 2.30. The number of rotatable bonds is 33. The SMILES string of the molecule is CCCCCCCCCCCCCCCC(=O)N[C@@H](C)C(=O)NCC(=O)N[C@@H](Cc1ccc(O)cc1)C(=O)N[C@@H](CCC(N)=O)C(=O)N[C@@H](CCCCN)C(=O)NC. The number of aromatic hydroxyl groups is 1. The van der Waals surface area contributed by atoms with Gasteiger partial charge in [0.2, 0.25) is 41.4 Å². The van der Waals surface area contributed by atoms with Gasteiger partial charge in [-0.3, -0.25) is 33.6 Å². The number of nitrogens with two attached hydrogens (primary N) is 2. The van der Waals surface area contributed by atoms with E-state index in [-0.39, 0.29) is 37.3 Å². The molecule has 0 aliphatic rings. The van der Waals surface area contributed by atoms with E-state index in [0.717, 1.165) is 25.7 Å². The van der Waals surface area contributed by atoms with Gasteiger partial charge in [0.1, 0.15) is 29.9 Å². The van der Waals surface area contributed by atoms with Crippen molar-refractivity contribution < 1.29 is 38.7 Å². The molecule has 0 aliphatic carbocycles. The van der Waals surface area contributed by atoms with Gasteiger partial charge < -0.3 is 48.5 Å². The smallest absolute Gasteiger partial charge is 0.243 e. The summed E-state index contributed by atoms with van der Waals surface area (Å²) in [5.74, 6) is -4.27. The zero-order valence-corrected chi connectivity index (χ0v) is 35.1. The lowest BCUT2D eigenvalue weighted by Crippen LogP contribution is -2.57. The number of nitrogens with one attached hydrogen (secondary N) is 6. The summed E-state index contributed by atoms with van der Waals surface area (Å²) in [5, 5.41) is 25.2. The molecular weight excluding hydrogens is 745 g/mol. The molecule has 0 aromatic heterocycles. The molecule has 0 fully saturated rings. The third-order valence-corrected chi connectivity index (χ3v) is 9.87. The second-order valence-corrected chi connectivity index (χ2v) is 15.0. The molecule has 0 saturated carbocycles. The van der Waals surface area contributed by atoms with E-state index < -0.39 is 66.2 Å². The van der Waals surface area contributed by atoms with Crippen molar-refractivity contribution in [3.8, 4) is 5.75 Å². The Bertz CT molecular complexity index is 1390. The van der Waals surface area contributed by atoms with Crippen LogP contribution in [0.3, 0.4) is 0 Å². The predicted octanol–water partition coefficient (Wildman–Crippen LogP) is 2.63. The maximum Gasteiger partial charge on any atom is 0.243 e. The Balaban J connectivity index is 2.74. The van der Waals surface area contributed by atoms with Gasteiger partial charge in [-0.05, 0) is 63.3 Å². The molecule has 1 rings (SSSR count). The summed E-state index contributed by atoms with van der Waals surface area (Å²) in [5.41, 5.74) is 11.5. The monoisotopic (exact) mass is 817 g/mol. The molecule has 1 aromatic rings. The highest BCUT2D eigenvalue weighted by Crippen LogP contribution is 2.14. The molecule has 0 saturated heterocycles. The second-order valence-electron chi connectivity index (χ2n) is 15.0. The standard InChI is InChI=1S/C42H72N8O8/c1-4-5-6-7-8-9-10-11-12-13-14-15-16-20-37(53)47-30(2)39(55)46-29-38(54)48-35(28-31-21-23-32(51)24-22-31)42(58)50-34(25-26-36(44)52)41(57)49-33(40(56)45-3)19-17-18-27-43/h21-24,30,33-35,51H,4-20,25-29,43H2,1-3H3,(H2,44,52)(H,45,56)(H,46,55)(H,47,53)(H,48,54)(H,49,57)(H,50,58)/t30-,33-,34-,35-/m0/s1. The van der Waals surface area contributed by atoms with Gasteiger partial charge in [0.25, 0.3) is 0 Å². The Labute approximate surface area is 344 Å². The van der Waals surface area contributed by atoms with Gasteiger partial charge in [-0.1, -0.05) is 96.1 Å². The molecule has 0 radical (unpaired) electrons. The number of hydrogen-bond donors (Lipinski definition) is 9. The molecule has 328 valence electrons. The summed E-state index contributed by atoms with van der Waals surface area (Å²) in [6, 6.07) is 1.52. The molecule has 7 amide bonds. The van der Waals surface area contributed by atoms with Crippen LogP contribution in [0.25, 0.3) is 0 Å². The summed E-state index contributed by atoms with van der Waals surface area (Å²) in [4.78, 5) is 89.6. The first kappa shape index (κ1) is 51.3. The van der Waals surface area contributed by atoms with E-state index >= 15 is 0 Å². The number of unbranched alkanes of at least 4 members (excludes halogenated alkanes) is 13. The first-order valence-electron chi connectivity index (χ1n) is 21.3. The normalized spacial score (nSPS) is 13.0. The summed E-state index contributed by atoms with van der Waals surface area (Å²) in [6.07, 6.45) is 16.8. The number of primary amides is 1.